The van der Waals surface area contributed by atoms with Crippen molar-refractivity contribution < 1.29 is 17.9 Å². The Kier molecular flexibility index (Phi) is 6.85. The van der Waals surface area contributed by atoms with E-state index >= 15 is 0 Å². The molecule has 0 unspecified atom stereocenters. The van der Waals surface area contributed by atoms with Crippen molar-refractivity contribution in [2.24, 2.45) is 0 Å². The van der Waals surface area contributed by atoms with E-state index in [1.54, 1.807) is 35.9 Å². The number of hydrogen-bond acceptors (Lipinski definition) is 7. The predicted octanol–water partition coefficient (Wildman–Crippen LogP) is 3.11. The van der Waals surface area contributed by atoms with Gasteiger partial charge in [0.2, 0.25) is 15.9 Å². The third kappa shape index (κ3) is 5.29. The molecule has 33 heavy (non-hydrogen) atoms. The number of ether oxygens (including phenoxy) is 2. The molecule has 2 heterocycles. The first-order valence-corrected chi connectivity index (χ1v) is 12.1. The lowest BCUT2D eigenvalue weighted by Gasteiger charge is -2.09. The van der Waals surface area contributed by atoms with Crippen molar-refractivity contribution in [1.82, 2.24) is 24.5 Å². The van der Waals surface area contributed by atoms with Gasteiger partial charge in [0, 0.05) is 18.2 Å². The van der Waals surface area contributed by atoms with Gasteiger partial charge in [-0.3, -0.25) is 0 Å². The molecule has 1 N–H and O–H groups in total. The molecule has 0 aliphatic carbocycles. The number of aryl methyl sites for hydroxylation is 1. The van der Waals surface area contributed by atoms with Crippen LogP contribution in [0.25, 0.3) is 17.0 Å². The van der Waals surface area contributed by atoms with E-state index in [1.807, 2.05) is 36.4 Å². The van der Waals surface area contributed by atoms with Gasteiger partial charge in [-0.1, -0.05) is 25.5 Å². The van der Waals surface area contributed by atoms with E-state index in [0.29, 0.717) is 17.4 Å². The lowest BCUT2D eigenvalue weighted by Crippen LogP contribution is -2.28. The van der Waals surface area contributed by atoms with Crippen LogP contribution < -0.4 is 14.2 Å². The predicted molar refractivity (Wildman–Crippen MR) is 124 cm³/mol. The lowest BCUT2D eigenvalue weighted by molar-refractivity contribution is 0.306. The first-order valence-electron chi connectivity index (χ1n) is 10.6. The van der Waals surface area contributed by atoms with Gasteiger partial charge in [-0.2, -0.15) is 4.52 Å². The molecule has 0 atom stereocenters. The second kappa shape index (κ2) is 9.97. The Morgan fingerprint density at radius 1 is 0.970 bits per heavy atom. The fraction of sp³-hybridized carbons (Fsp3) is 0.261. The molecule has 0 spiro atoms. The van der Waals surface area contributed by atoms with Gasteiger partial charge in [0.1, 0.15) is 12.4 Å². The molecule has 0 saturated carbocycles. The molecule has 0 fully saturated rings. The SMILES string of the molecule is CCCc1ccc(S(=O)(=O)NCCOc2ccc3nnc(-c4ccc(OC)cc4)n3n2)cc1. The maximum absolute atomic E-state index is 12.5. The highest BCUT2D eigenvalue weighted by Gasteiger charge is 2.14. The highest BCUT2D eigenvalue weighted by atomic mass is 32.2. The van der Waals surface area contributed by atoms with Crippen LogP contribution in [0, 0.1) is 0 Å². The van der Waals surface area contributed by atoms with E-state index in [4.69, 9.17) is 9.47 Å². The molecular formula is C23H25N5O4S. The van der Waals surface area contributed by atoms with E-state index < -0.39 is 10.0 Å². The summed E-state index contributed by atoms with van der Waals surface area (Å²) >= 11 is 0. The summed E-state index contributed by atoms with van der Waals surface area (Å²) in [5, 5.41) is 12.8. The van der Waals surface area contributed by atoms with Crippen LogP contribution in [0.15, 0.2) is 65.6 Å². The van der Waals surface area contributed by atoms with Gasteiger partial charge < -0.3 is 9.47 Å². The topological polar surface area (TPSA) is 108 Å². The molecule has 2 aromatic carbocycles. The number of benzene rings is 2. The van der Waals surface area contributed by atoms with E-state index in [0.717, 1.165) is 29.7 Å². The van der Waals surface area contributed by atoms with Crippen molar-refractivity contribution >= 4 is 15.7 Å². The third-order valence-electron chi connectivity index (χ3n) is 5.00. The van der Waals surface area contributed by atoms with E-state index in [-0.39, 0.29) is 18.0 Å². The van der Waals surface area contributed by atoms with Crippen LogP contribution in [0.2, 0.25) is 0 Å². The molecule has 4 rings (SSSR count). The van der Waals surface area contributed by atoms with E-state index in [1.165, 1.54) is 0 Å². The van der Waals surface area contributed by atoms with Crippen molar-refractivity contribution in [3.05, 3.63) is 66.2 Å². The number of rotatable bonds is 10. The van der Waals surface area contributed by atoms with Crippen LogP contribution in [-0.4, -0.2) is 48.5 Å². The number of hydrogen-bond donors (Lipinski definition) is 1. The maximum atomic E-state index is 12.5. The fourth-order valence-corrected chi connectivity index (χ4v) is 4.32. The maximum Gasteiger partial charge on any atom is 0.240 e. The Bertz CT molecular complexity index is 1320. The van der Waals surface area contributed by atoms with Crippen LogP contribution >= 0.6 is 0 Å². The molecule has 4 aromatic rings. The summed E-state index contributed by atoms with van der Waals surface area (Å²) in [7, 11) is -2.00. The minimum absolute atomic E-state index is 0.103. The molecule has 0 radical (unpaired) electrons. The number of nitrogens with one attached hydrogen (secondary N) is 1. The standard InChI is InChI=1S/C23H25N5O4S/c1-3-4-17-5-11-20(12-6-17)33(29,30)24-15-16-32-22-14-13-21-25-26-23(28(21)27-22)18-7-9-19(31-2)10-8-18/h5-14,24H,3-4,15-16H2,1-2H3. The van der Waals surface area contributed by atoms with Crippen LogP contribution in [-0.2, 0) is 16.4 Å². The molecule has 0 aliphatic rings. The third-order valence-corrected chi connectivity index (χ3v) is 6.48. The Hall–Kier alpha value is -3.50. The Balaban J connectivity index is 1.39. The molecule has 0 aliphatic heterocycles. The van der Waals surface area contributed by atoms with Crippen LogP contribution in [0.5, 0.6) is 11.6 Å². The monoisotopic (exact) mass is 467 g/mol. The van der Waals surface area contributed by atoms with Gasteiger partial charge in [0.05, 0.1) is 12.0 Å². The van der Waals surface area contributed by atoms with Gasteiger partial charge in [0.15, 0.2) is 11.5 Å². The summed E-state index contributed by atoms with van der Waals surface area (Å²) in [4.78, 5) is 0.232. The fourth-order valence-electron chi connectivity index (χ4n) is 3.31. The van der Waals surface area contributed by atoms with Gasteiger partial charge in [-0.15, -0.1) is 15.3 Å². The van der Waals surface area contributed by atoms with Crippen molar-refractivity contribution in [3.63, 3.8) is 0 Å². The molecule has 0 saturated heterocycles. The molecule has 9 nitrogen and oxygen atoms in total. The van der Waals surface area contributed by atoms with E-state index in [9.17, 15) is 8.42 Å². The number of sulfonamides is 1. The molecule has 10 heteroatoms. The molecular weight excluding hydrogens is 442 g/mol. The summed E-state index contributed by atoms with van der Waals surface area (Å²) in [6.07, 6.45) is 1.93. The number of methoxy groups -OCH3 is 1. The number of nitrogens with zero attached hydrogens (tertiary/aromatic N) is 4. The van der Waals surface area contributed by atoms with Crippen molar-refractivity contribution in [2.75, 3.05) is 20.3 Å². The molecule has 0 amide bonds. The normalized spacial score (nSPS) is 11.6. The zero-order valence-corrected chi connectivity index (χ0v) is 19.2. The van der Waals surface area contributed by atoms with Crippen molar-refractivity contribution in [1.29, 1.82) is 0 Å². The summed E-state index contributed by atoms with van der Waals surface area (Å²) in [6.45, 7) is 2.31. The van der Waals surface area contributed by atoms with Crippen molar-refractivity contribution in [3.8, 4) is 23.0 Å². The van der Waals surface area contributed by atoms with Gasteiger partial charge in [-0.25, -0.2) is 13.1 Å². The Morgan fingerprint density at radius 3 is 2.42 bits per heavy atom. The highest BCUT2D eigenvalue weighted by molar-refractivity contribution is 7.89. The molecule has 172 valence electrons. The summed E-state index contributed by atoms with van der Waals surface area (Å²) in [6, 6.07) is 17.7. The van der Waals surface area contributed by atoms with Crippen LogP contribution in [0.3, 0.4) is 0 Å². The second-order valence-corrected chi connectivity index (χ2v) is 9.10. The van der Waals surface area contributed by atoms with Gasteiger partial charge in [-0.05, 0) is 54.4 Å². The van der Waals surface area contributed by atoms with Gasteiger partial charge >= 0.3 is 0 Å². The first kappa shape index (κ1) is 22.7. The Labute approximate surface area is 192 Å². The summed E-state index contributed by atoms with van der Waals surface area (Å²) < 4.78 is 40.0. The minimum Gasteiger partial charge on any atom is -0.497 e. The zero-order chi connectivity index (χ0) is 23.3. The lowest BCUT2D eigenvalue weighted by atomic mass is 10.1. The van der Waals surface area contributed by atoms with E-state index in [2.05, 4.69) is 26.9 Å². The zero-order valence-electron chi connectivity index (χ0n) is 18.4. The first-order chi connectivity index (χ1) is 16.0. The summed E-state index contributed by atoms with van der Waals surface area (Å²) in [5.41, 5.74) is 2.51. The quantitative estimate of drug-likeness (QED) is 0.357. The Morgan fingerprint density at radius 2 is 1.73 bits per heavy atom. The van der Waals surface area contributed by atoms with Gasteiger partial charge in [0.25, 0.3) is 0 Å². The highest BCUT2D eigenvalue weighted by Crippen LogP contribution is 2.22. The number of fused-ring (bicyclic) bond motifs is 1. The molecule has 0 bridgehead atoms. The number of aromatic nitrogens is 4. The average molecular weight is 468 g/mol. The minimum atomic E-state index is -3.61. The second-order valence-electron chi connectivity index (χ2n) is 7.33. The summed E-state index contributed by atoms with van der Waals surface area (Å²) in [5.74, 6) is 1.63. The molecule has 2 aromatic heterocycles. The average Bonchev–Trinajstić information content (AvgIpc) is 3.26. The van der Waals surface area contributed by atoms with Crippen LogP contribution in [0.4, 0.5) is 0 Å². The van der Waals surface area contributed by atoms with Crippen molar-refractivity contribution in [2.45, 2.75) is 24.7 Å². The smallest absolute Gasteiger partial charge is 0.240 e. The van der Waals surface area contributed by atoms with Crippen LogP contribution in [0.1, 0.15) is 18.9 Å². The largest absolute Gasteiger partial charge is 0.497 e.